The van der Waals surface area contributed by atoms with Crippen molar-refractivity contribution < 1.29 is 9.66 Å². The Kier molecular flexibility index (Phi) is 3.99. The molecular formula is C13H13ClN2O3. The molecule has 0 aliphatic heterocycles. The highest BCUT2D eigenvalue weighted by molar-refractivity contribution is 6.31. The first-order valence-electron chi connectivity index (χ1n) is 5.69. The molecule has 1 aliphatic carbocycles. The monoisotopic (exact) mass is 280 g/mol. The molecule has 5 nitrogen and oxygen atoms in total. The highest BCUT2D eigenvalue weighted by Crippen LogP contribution is 2.27. The predicted molar refractivity (Wildman–Crippen MR) is 72.0 cm³/mol. The minimum Gasteiger partial charge on any atom is -0.316 e. The molecule has 6 heteroatoms. The van der Waals surface area contributed by atoms with Gasteiger partial charge in [-0.25, -0.2) is 0 Å². The molecule has 1 aromatic rings. The molecule has 0 spiro atoms. The van der Waals surface area contributed by atoms with E-state index in [1.807, 2.05) is 30.3 Å². The zero-order chi connectivity index (χ0) is 13.9. The van der Waals surface area contributed by atoms with Crippen molar-refractivity contribution in [2.75, 3.05) is 0 Å². The number of hydrogen-bond acceptors (Lipinski definition) is 4. The number of hydrogen-bond donors (Lipinski definition) is 1. The van der Waals surface area contributed by atoms with Crippen molar-refractivity contribution in [3.05, 3.63) is 69.3 Å². The van der Waals surface area contributed by atoms with Gasteiger partial charge in [0.05, 0.1) is 11.5 Å². The Labute approximate surface area is 115 Å². The number of nitrogens with zero attached hydrogens (tertiary/aromatic N) is 1. The lowest BCUT2D eigenvalue weighted by atomic mass is 9.99. The summed E-state index contributed by atoms with van der Waals surface area (Å²) in [6.07, 6.45) is 4.14. The predicted octanol–water partition coefficient (Wildman–Crippen LogP) is 2.20. The number of nitrogens with two attached hydrogens (primary N) is 1. The molecule has 0 heterocycles. The Morgan fingerprint density at radius 1 is 1.42 bits per heavy atom. The van der Waals surface area contributed by atoms with Gasteiger partial charge in [0, 0.05) is 11.1 Å². The van der Waals surface area contributed by atoms with Crippen molar-refractivity contribution in [1.82, 2.24) is 0 Å². The molecule has 0 saturated heterocycles. The van der Waals surface area contributed by atoms with Crippen LogP contribution in [0.2, 0.25) is 0 Å². The Morgan fingerprint density at radius 3 is 2.68 bits per heavy atom. The molecule has 2 unspecified atom stereocenters. The van der Waals surface area contributed by atoms with E-state index in [-0.39, 0.29) is 6.61 Å². The summed E-state index contributed by atoms with van der Waals surface area (Å²) in [5.41, 5.74) is 4.86. The third-order valence-electron chi connectivity index (χ3n) is 2.90. The van der Waals surface area contributed by atoms with Crippen LogP contribution in [0.1, 0.15) is 5.56 Å². The maximum absolute atomic E-state index is 11.3. The van der Waals surface area contributed by atoms with E-state index in [0.717, 1.165) is 5.56 Å². The maximum atomic E-state index is 11.3. The standard InChI is InChI=1S/C13H13ClN2O3/c14-11-6-7-13(16(17)18,12(15)8-11)19-9-10-4-2-1-3-5-10/h1-8,12H,9,15H2. The van der Waals surface area contributed by atoms with E-state index in [2.05, 4.69) is 0 Å². The van der Waals surface area contributed by atoms with Crippen LogP contribution >= 0.6 is 11.6 Å². The summed E-state index contributed by atoms with van der Waals surface area (Å²) in [4.78, 5) is 10.8. The largest absolute Gasteiger partial charge is 0.363 e. The van der Waals surface area contributed by atoms with Crippen LogP contribution in [0, 0.1) is 10.1 Å². The van der Waals surface area contributed by atoms with Gasteiger partial charge in [0.25, 0.3) is 0 Å². The first-order valence-corrected chi connectivity index (χ1v) is 6.07. The van der Waals surface area contributed by atoms with Crippen molar-refractivity contribution >= 4 is 11.6 Å². The molecular weight excluding hydrogens is 268 g/mol. The Balaban J connectivity index is 2.18. The molecule has 2 N–H and O–H groups in total. The lowest BCUT2D eigenvalue weighted by Gasteiger charge is -2.28. The van der Waals surface area contributed by atoms with E-state index >= 15 is 0 Å². The minimum atomic E-state index is -1.77. The van der Waals surface area contributed by atoms with Crippen molar-refractivity contribution in [2.24, 2.45) is 5.73 Å². The van der Waals surface area contributed by atoms with Crippen LogP contribution in [0.3, 0.4) is 0 Å². The van der Waals surface area contributed by atoms with E-state index in [1.54, 1.807) is 0 Å². The van der Waals surface area contributed by atoms with Gasteiger partial charge in [-0.15, -0.1) is 0 Å². The Bertz CT molecular complexity index is 530. The van der Waals surface area contributed by atoms with E-state index in [9.17, 15) is 10.1 Å². The quantitative estimate of drug-likeness (QED) is 0.521. The molecule has 0 saturated carbocycles. The molecule has 19 heavy (non-hydrogen) atoms. The third-order valence-corrected chi connectivity index (χ3v) is 3.15. The molecule has 0 fully saturated rings. The topological polar surface area (TPSA) is 78.4 Å². The summed E-state index contributed by atoms with van der Waals surface area (Å²) in [5, 5.41) is 11.7. The van der Waals surface area contributed by atoms with Gasteiger partial charge in [-0.3, -0.25) is 10.1 Å². The summed E-state index contributed by atoms with van der Waals surface area (Å²) < 4.78 is 5.46. The number of benzene rings is 1. The molecule has 0 aromatic heterocycles. The van der Waals surface area contributed by atoms with Crippen LogP contribution in [0.5, 0.6) is 0 Å². The lowest BCUT2D eigenvalue weighted by molar-refractivity contribution is -0.617. The van der Waals surface area contributed by atoms with Gasteiger partial charge in [-0.1, -0.05) is 41.9 Å². The number of halogens is 1. The zero-order valence-electron chi connectivity index (χ0n) is 10.0. The number of nitro groups is 1. The van der Waals surface area contributed by atoms with E-state index in [4.69, 9.17) is 22.1 Å². The SMILES string of the molecule is NC1C=C(Cl)C=CC1(OCc1ccccc1)[N+](=O)[O-]. The van der Waals surface area contributed by atoms with Crippen molar-refractivity contribution in [3.8, 4) is 0 Å². The lowest BCUT2D eigenvalue weighted by Crippen LogP contribution is -2.54. The second kappa shape index (κ2) is 5.52. The molecule has 0 bridgehead atoms. The van der Waals surface area contributed by atoms with Gasteiger partial charge < -0.3 is 10.5 Å². The van der Waals surface area contributed by atoms with Gasteiger partial charge in [-0.2, -0.15) is 0 Å². The fraction of sp³-hybridized carbons (Fsp3) is 0.231. The average Bonchev–Trinajstić information content (AvgIpc) is 2.39. The third kappa shape index (κ3) is 2.84. The number of allylic oxidation sites excluding steroid dienone is 2. The van der Waals surface area contributed by atoms with E-state index in [0.29, 0.717) is 5.03 Å². The zero-order valence-corrected chi connectivity index (χ0v) is 10.8. The smallest absolute Gasteiger partial charge is 0.316 e. The van der Waals surface area contributed by atoms with Crippen LogP contribution in [0.4, 0.5) is 0 Å². The van der Waals surface area contributed by atoms with Crippen LogP contribution in [0.15, 0.2) is 53.6 Å². The van der Waals surface area contributed by atoms with Crippen LogP contribution in [-0.2, 0) is 11.3 Å². The maximum Gasteiger partial charge on any atom is 0.363 e. The number of ether oxygens (including phenoxy) is 1. The molecule has 2 rings (SSSR count). The van der Waals surface area contributed by atoms with Crippen molar-refractivity contribution in [2.45, 2.75) is 18.4 Å². The molecule has 1 aromatic carbocycles. The summed E-state index contributed by atoms with van der Waals surface area (Å²) in [7, 11) is 0. The normalized spacial score (nSPS) is 26.0. The Hall–Kier alpha value is -1.69. The second-order valence-electron chi connectivity index (χ2n) is 4.19. The van der Waals surface area contributed by atoms with Gasteiger partial charge in [0.15, 0.2) is 0 Å². The van der Waals surface area contributed by atoms with Gasteiger partial charge >= 0.3 is 5.72 Å². The molecule has 0 amide bonds. The van der Waals surface area contributed by atoms with Gasteiger partial charge in [-0.05, 0) is 17.7 Å². The van der Waals surface area contributed by atoms with Crippen molar-refractivity contribution in [1.29, 1.82) is 0 Å². The number of rotatable bonds is 4. The van der Waals surface area contributed by atoms with Crippen LogP contribution < -0.4 is 5.73 Å². The second-order valence-corrected chi connectivity index (χ2v) is 4.63. The average molecular weight is 281 g/mol. The summed E-state index contributed by atoms with van der Waals surface area (Å²) in [6.45, 7) is 0.102. The summed E-state index contributed by atoms with van der Waals surface area (Å²) in [6, 6.07) is 8.27. The molecule has 100 valence electrons. The molecule has 2 atom stereocenters. The fourth-order valence-corrected chi connectivity index (χ4v) is 2.01. The van der Waals surface area contributed by atoms with Crippen LogP contribution in [-0.4, -0.2) is 16.7 Å². The first-order chi connectivity index (χ1) is 9.04. The summed E-state index contributed by atoms with van der Waals surface area (Å²) in [5.74, 6) is 0. The fourth-order valence-electron chi connectivity index (χ4n) is 1.81. The molecule has 1 aliphatic rings. The van der Waals surface area contributed by atoms with Gasteiger partial charge in [0.2, 0.25) is 0 Å². The minimum absolute atomic E-state index is 0.102. The van der Waals surface area contributed by atoms with Crippen LogP contribution in [0.25, 0.3) is 0 Å². The Morgan fingerprint density at radius 2 is 2.11 bits per heavy atom. The summed E-state index contributed by atoms with van der Waals surface area (Å²) >= 11 is 5.78. The first kappa shape index (κ1) is 13.7. The highest BCUT2D eigenvalue weighted by Gasteiger charge is 2.49. The van der Waals surface area contributed by atoms with E-state index in [1.165, 1.54) is 18.2 Å². The van der Waals surface area contributed by atoms with Crippen molar-refractivity contribution in [3.63, 3.8) is 0 Å². The highest BCUT2D eigenvalue weighted by atomic mass is 35.5. The van der Waals surface area contributed by atoms with E-state index < -0.39 is 16.7 Å². The molecule has 0 radical (unpaired) electrons. The van der Waals surface area contributed by atoms with Gasteiger partial charge in [0.1, 0.15) is 6.04 Å².